The summed E-state index contributed by atoms with van der Waals surface area (Å²) in [7, 11) is 4.68. The molecule has 0 amide bonds. The zero-order chi connectivity index (χ0) is 17.5. The van der Waals surface area contributed by atoms with Crippen molar-refractivity contribution in [1.29, 1.82) is 0 Å². The number of carbonyl (C=O) groups excluding carboxylic acids is 1. The second kappa shape index (κ2) is 8.24. The van der Waals surface area contributed by atoms with Crippen LogP contribution in [0.3, 0.4) is 0 Å². The Bertz CT molecular complexity index is 666. The number of hydrogen-bond donors (Lipinski definition) is 0. The van der Waals surface area contributed by atoms with Crippen LogP contribution in [0, 0.1) is 6.92 Å². The van der Waals surface area contributed by atoms with Crippen LogP contribution in [0.5, 0.6) is 23.0 Å². The van der Waals surface area contributed by atoms with E-state index in [0.717, 1.165) is 11.1 Å². The Labute approximate surface area is 142 Å². The molecule has 0 saturated carbocycles. The van der Waals surface area contributed by atoms with Crippen LogP contribution >= 0.6 is 0 Å². The van der Waals surface area contributed by atoms with Gasteiger partial charge in [-0.2, -0.15) is 0 Å². The van der Waals surface area contributed by atoms with Gasteiger partial charge in [-0.3, -0.25) is 4.79 Å². The van der Waals surface area contributed by atoms with Crippen LogP contribution in [0.25, 0.3) is 0 Å². The van der Waals surface area contributed by atoms with Crippen LogP contribution in [-0.4, -0.2) is 27.3 Å². The molecule has 0 aromatic heterocycles. The molecule has 2 aromatic rings. The van der Waals surface area contributed by atoms with Gasteiger partial charge in [-0.15, -0.1) is 0 Å². The highest BCUT2D eigenvalue weighted by Gasteiger charge is 2.14. The van der Waals surface area contributed by atoms with Crippen molar-refractivity contribution >= 4 is 5.97 Å². The lowest BCUT2D eigenvalue weighted by Gasteiger charge is -2.14. The van der Waals surface area contributed by atoms with E-state index >= 15 is 0 Å². The van der Waals surface area contributed by atoms with Gasteiger partial charge in [-0.1, -0.05) is 17.7 Å². The molecule has 0 aliphatic rings. The van der Waals surface area contributed by atoms with Gasteiger partial charge in [0.05, 0.1) is 21.3 Å². The van der Waals surface area contributed by atoms with Crippen LogP contribution < -0.4 is 18.9 Å². The van der Waals surface area contributed by atoms with E-state index in [4.69, 9.17) is 18.9 Å². The van der Waals surface area contributed by atoms with Gasteiger partial charge in [0.15, 0.2) is 11.5 Å². The second-order valence-corrected chi connectivity index (χ2v) is 5.32. The van der Waals surface area contributed by atoms with Crippen LogP contribution in [0.15, 0.2) is 36.4 Å². The van der Waals surface area contributed by atoms with Crippen LogP contribution in [-0.2, 0) is 11.2 Å². The molecule has 5 nitrogen and oxygen atoms in total. The first kappa shape index (κ1) is 17.7. The van der Waals surface area contributed by atoms with E-state index in [-0.39, 0.29) is 12.4 Å². The van der Waals surface area contributed by atoms with E-state index in [9.17, 15) is 4.79 Å². The largest absolute Gasteiger partial charge is 0.493 e. The normalized spacial score (nSPS) is 10.2. The maximum atomic E-state index is 12.0. The molecule has 0 atom stereocenters. The third-order valence-electron chi connectivity index (χ3n) is 3.59. The van der Waals surface area contributed by atoms with Crippen LogP contribution in [0.1, 0.15) is 17.5 Å². The molecule has 24 heavy (non-hydrogen) atoms. The first-order valence-corrected chi connectivity index (χ1v) is 7.63. The predicted octanol–water partition coefficient (Wildman–Crippen LogP) is 3.56. The van der Waals surface area contributed by atoms with E-state index in [1.54, 1.807) is 33.5 Å². The third-order valence-corrected chi connectivity index (χ3v) is 3.59. The van der Waals surface area contributed by atoms with Crippen molar-refractivity contribution in [2.45, 2.75) is 19.8 Å². The zero-order valence-corrected chi connectivity index (χ0v) is 14.4. The highest BCUT2D eigenvalue weighted by molar-refractivity contribution is 5.72. The number of carbonyl (C=O) groups is 1. The van der Waals surface area contributed by atoms with Crippen molar-refractivity contribution in [3.8, 4) is 23.0 Å². The predicted molar refractivity (Wildman–Crippen MR) is 91.2 cm³/mol. The standard InChI is InChI=1S/C19H22O5/c1-13-5-8-15(9-6-13)24-18(20)10-7-14-11-16(21-2)19(23-4)17(12-14)22-3/h5-6,8-9,11-12H,7,10H2,1-4H3. The number of hydrogen-bond acceptors (Lipinski definition) is 5. The Morgan fingerprint density at radius 1 is 0.917 bits per heavy atom. The molecule has 2 rings (SSSR count). The summed E-state index contributed by atoms with van der Waals surface area (Å²) in [6.45, 7) is 1.98. The second-order valence-electron chi connectivity index (χ2n) is 5.32. The van der Waals surface area contributed by atoms with Crippen molar-refractivity contribution in [2.24, 2.45) is 0 Å². The van der Waals surface area contributed by atoms with Gasteiger partial charge in [0.2, 0.25) is 5.75 Å². The van der Waals surface area contributed by atoms with Crippen molar-refractivity contribution < 1.29 is 23.7 Å². The summed E-state index contributed by atoms with van der Waals surface area (Å²) in [5, 5.41) is 0. The molecular weight excluding hydrogens is 308 g/mol. The number of rotatable bonds is 7. The molecule has 5 heteroatoms. The third kappa shape index (κ3) is 4.41. The Balaban J connectivity index is 2.03. The fourth-order valence-corrected chi connectivity index (χ4v) is 2.31. The summed E-state index contributed by atoms with van der Waals surface area (Å²) in [5.74, 6) is 1.94. The van der Waals surface area contributed by atoms with Crippen molar-refractivity contribution in [3.63, 3.8) is 0 Å². The molecule has 0 heterocycles. The van der Waals surface area contributed by atoms with Crippen LogP contribution in [0.4, 0.5) is 0 Å². The molecule has 0 N–H and O–H groups in total. The average Bonchev–Trinajstić information content (AvgIpc) is 2.60. The Kier molecular flexibility index (Phi) is 6.07. The van der Waals surface area contributed by atoms with Gasteiger partial charge in [0.25, 0.3) is 0 Å². The molecular formula is C19H22O5. The summed E-state index contributed by atoms with van der Waals surface area (Å²) in [4.78, 5) is 12.0. The van der Waals surface area contributed by atoms with Gasteiger partial charge in [-0.05, 0) is 43.2 Å². The monoisotopic (exact) mass is 330 g/mol. The van der Waals surface area contributed by atoms with E-state index in [1.807, 2.05) is 31.2 Å². The van der Waals surface area contributed by atoms with Gasteiger partial charge in [0.1, 0.15) is 5.75 Å². The molecule has 0 radical (unpaired) electrons. The maximum Gasteiger partial charge on any atom is 0.311 e. The highest BCUT2D eigenvalue weighted by Crippen LogP contribution is 2.38. The minimum atomic E-state index is -0.285. The SMILES string of the molecule is COc1cc(CCC(=O)Oc2ccc(C)cc2)cc(OC)c1OC. The number of aryl methyl sites for hydroxylation is 2. The molecule has 0 fully saturated rings. The summed E-state index contributed by atoms with van der Waals surface area (Å²) < 4.78 is 21.2. The molecule has 128 valence electrons. The maximum absolute atomic E-state index is 12.0. The van der Waals surface area contributed by atoms with Crippen molar-refractivity contribution in [1.82, 2.24) is 0 Å². The van der Waals surface area contributed by atoms with Gasteiger partial charge in [-0.25, -0.2) is 0 Å². The fraction of sp³-hybridized carbons (Fsp3) is 0.316. The molecule has 0 unspecified atom stereocenters. The summed E-state index contributed by atoms with van der Waals surface area (Å²) in [5.41, 5.74) is 2.03. The lowest BCUT2D eigenvalue weighted by atomic mass is 10.1. The molecule has 0 bridgehead atoms. The van der Waals surface area contributed by atoms with Gasteiger partial charge in [0, 0.05) is 6.42 Å². The Morgan fingerprint density at radius 3 is 2.00 bits per heavy atom. The van der Waals surface area contributed by atoms with E-state index < -0.39 is 0 Å². The smallest absolute Gasteiger partial charge is 0.311 e. The van der Waals surface area contributed by atoms with Crippen molar-refractivity contribution in [3.05, 3.63) is 47.5 Å². The minimum Gasteiger partial charge on any atom is -0.493 e. The molecule has 0 spiro atoms. The quantitative estimate of drug-likeness (QED) is 0.574. The lowest BCUT2D eigenvalue weighted by molar-refractivity contribution is -0.134. The molecule has 0 aliphatic heterocycles. The van der Waals surface area contributed by atoms with E-state index in [0.29, 0.717) is 29.4 Å². The number of ether oxygens (including phenoxy) is 4. The highest BCUT2D eigenvalue weighted by atomic mass is 16.5. The van der Waals surface area contributed by atoms with E-state index in [1.165, 1.54) is 0 Å². The number of benzene rings is 2. The Morgan fingerprint density at radius 2 is 1.50 bits per heavy atom. The number of esters is 1. The summed E-state index contributed by atoms with van der Waals surface area (Å²) >= 11 is 0. The summed E-state index contributed by atoms with van der Waals surface area (Å²) in [6.07, 6.45) is 0.772. The van der Waals surface area contributed by atoms with Gasteiger partial charge >= 0.3 is 5.97 Å². The zero-order valence-electron chi connectivity index (χ0n) is 14.4. The van der Waals surface area contributed by atoms with Crippen LogP contribution in [0.2, 0.25) is 0 Å². The average molecular weight is 330 g/mol. The summed E-state index contributed by atoms with van der Waals surface area (Å²) in [6, 6.07) is 11.0. The van der Waals surface area contributed by atoms with E-state index in [2.05, 4.69) is 0 Å². The molecule has 0 saturated heterocycles. The first-order valence-electron chi connectivity index (χ1n) is 7.63. The van der Waals surface area contributed by atoms with Crippen molar-refractivity contribution in [2.75, 3.05) is 21.3 Å². The van der Waals surface area contributed by atoms with Gasteiger partial charge < -0.3 is 18.9 Å². The fourth-order valence-electron chi connectivity index (χ4n) is 2.31. The number of methoxy groups -OCH3 is 3. The minimum absolute atomic E-state index is 0.256. The molecule has 0 aliphatic carbocycles. The topological polar surface area (TPSA) is 54.0 Å². The Hall–Kier alpha value is -2.69. The first-order chi connectivity index (χ1) is 11.6. The lowest BCUT2D eigenvalue weighted by Crippen LogP contribution is -2.09. The molecule has 2 aromatic carbocycles.